The van der Waals surface area contributed by atoms with Crippen LogP contribution in [0.15, 0.2) is 18.2 Å². The molecule has 0 saturated carbocycles. The number of methoxy groups -OCH3 is 2. The number of benzene rings is 1. The van der Waals surface area contributed by atoms with Gasteiger partial charge in [0.05, 0.1) is 45.7 Å². The molecule has 0 spiro atoms. The summed E-state index contributed by atoms with van der Waals surface area (Å²) in [5.41, 5.74) is 8.59. The smallest absolute Gasteiger partial charge is 0.119 e. The van der Waals surface area contributed by atoms with Crippen molar-refractivity contribution in [3.8, 4) is 5.75 Å². The molecule has 5 nitrogen and oxygen atoms in total. The number of ether oxygens (including phenoxy) is 4. The first-order chi connectivity index (χ1) is 9.76. The zero-order chi connectivity index (χ0) is 14.4. The van der Waals surface area contributed by atoms with Crippen LogP contribution in [0.3, 0.4) is 0 Å². The fourth-order valence-corrected chi connectivity index (χ4v) is 2.41. The summed E-state index contributed by atoms with van der Waals surface area (Å²) in [7, 11) is 3.32. The summed E-state index contributed by atoms with van der Waals surface area (Å²) in [4.78, 5) is 0. The SMILES string of the molecule is COCCOCCOC1Cc2ccc(OC)cc2C1N. The van der Waals surface area contributed by atoms with Crippen molar-refractivity contribution in [2.24, 2.45) is 5.73 Å². The summed E-state index contributed by atoms with van der Waals surface area (Å²) >= 11 is 0. The van der Waals surface area contributed by atoms with Crippen LogP contribution < -0.4 is 10.5 Å². The van der Waals surface area contributed by atoms with Gasteiger partial charge in [0.15, 0.2) is 0 Å². The van der Waals surface area contributed by atoms with Crippen molar-refractivity contribution < 1.29 is 18.9 Å². The lowest BCUT2D eigenvalue weighted by molar-refractivity contribution is -0.0108. The molecule has 1 aromatic carbocycles. The summed E-state index contributed by atoms with van der Waals surface area (Å²) in [6.07, 6.45) is 0.863. The standard InChI is InChI=1S/C15H23NO4/c1-17-5-6-19-7-8-20-14-9-11-3-4-12(18-2)10-13(11)15(14)16/h3-4,10,14-15H,5-9,16H2,1-2H3. The molecular weight excluding hydrogens is 258 g/mol. The van der Waals surface area contributed by atoms with E-state index in [9.17, 15) is 0 Å². The molecule has 0 aliphatic heterocycles. The lowest BCUT2D eigenvalue weighted by Gasteiger charge is -2.17. The minimum absolute atomic E-state index is 0.0168. The molecule has 0 aromatic heterocycles. The van der Waals surface area contributed by atoms with Crippen LogP contribution in [0.4, 0.5) is 0 Å². The van der Waals surface area contributed by atoms with Gasteiger partial charge in [-0.3, -0.25) is 0 Å². The van der Waals surface area contributed by atoms with Gasteiger partial charge >= 0.3 is 0 Å². The molecule has 2 N–H and O–H groups in total. The lowest BCUT2D eigenvalue weighted by Crippen LogP contribution is -2.26. The average molecular weight is 281 g/mol. The van der Waals surface area contributed by atoms with Gasteiger partial charge in [0.2, 0.25) is 0 Å². The van der Waals surface area contributed by atoms with Gasteiger partial charge in [-0.15, -0.1) is 0 Å². The lowest BCUT2D eigenvalue weighted by atomic mass is 10.1. The Bertz CT molecular complexity index is 424. The largest absolute Gasteiger partial charge is 0.497 e. The highest BCUT2D eigenvalue weighted by Crippen LogP contribution is 2.34. The van der Waals surface area contributed by atoms with E-state index in [0.29, 0.717) is 26.4 Å². The Morgan fingerprint density at radius 1 is 1.15 bits per heavy atom. The molecule has 2 unspecified atom stereocenters. The van der Waals surface area contributed by atoms with E-state index in [1.165, 1.54) is 5.56 Å². The second-order valence-corrected chi connectivity index (χ2v) is 4.81. The number of hydrogen-bond donors (Lipinski definition) is 1. The van der Waals surface area contributed by atoms with Crippen molar-refractivity contribution in [2.45, 2.75) is 18.6 Å². The van der Waals surface area contributed by atoms with Crippen LogP contribution in [0, 0.1) is 0 Å². The van der Waals surface area contributed by atoms with Crippen molar-refractivity contribution >= 4 is 0 Å². The molecule has 112 valence electrons. The molecule has 1 aliphatic carbocycles. The van der Waals surface area contributed by atoms with Crippen LogP contribution in [0.1, 0.15) is 17.2 Å². The molecule has 2 atom stereocenters. The van der Waals surface area contributed by atoms with E-state index < -0.39 is 0 Å². The van der Waals surface area contributed by atoms with Gasteiger partial charge in [0.1, 0.15) is 5.75 Å². The highest BCUT2D eigenvalue weighted by molar-refractivity contribution is 5.42. The third-order valence-corrected chi connectivity index (χ3v) is 3.53. The van der Waals surface area contributed by atoms with Gasteiger partial charge in [0, 0.05) is 13.5 Å². The van der Waals surface area contributed by atoms with Crippen molar-refractivity contribution in [1.82, 2.24) is 0 Å². The van der Waals surface area contributed by atoms with Crippen LogP contribution in [0.5, 0.6) is 5.75 Å². The van der Waals surface area contributed by atoms with E-state index in [4.69, 9.17) is 24.7 Å². The number of rotatable bonds is 8. The Morgan fingerprint density at radius 2 is 1.95 bits per heavy atom. The summed E-state index contributed by atoms with van der Waals surface area (Å²) in [5, 5.41) is 0. The number of hydrogen-bond acceptors (Lipinski definition) is 5. The first-order valence-electron chi connectivity index (χ1n) is 6.87. The molecule has 5 heteroatoms. The summed E-state index contributed by atoms with van der Waals surface area (Å²) in [6, 6.07) is 5.92. The van der Waals surface area contributed by atoms with E-state index in [-0.39, 0.29) is 12.1 Å². The van der Waals surface area contributed by atoms with Gasteiger partial charge in [-0.2, -0.15) is 0 Å². The maximum Gasteiger partial charge on any atom is 0.119 e. The zero-order valence-corrected chi connectivity index (χ0v) is 12.1. The Hall–Kier alpha value is -1.14. The summed E-state index contributed by atoms with van der Waals surface area (Å²) < 4.78 is 21.3. The molecule has 0 bridgehead atoms. The second-order valence-electron chi connectivity index (χ2n) is 4.81. The van der Waals surface area contributed by atoms with Crippen LogP contribution in [-0.2, 0) is 20.6 Å². The van der Waals surface area contributed by atoms with Gasteiger partial charge in [0.25, 0.3) is 0 Å². The molecule has 20 heavy (non-hydrogen) atoms. The number of fused-ring (bicyclic) bond motifs is 1. The average Bonchev–Trinajstić information content (AvgIpc) is 2.79. The fourth-order valence-electron chi connectivity index (χ4n) is 2.41. The van der Waals surface area contributed by atoms with Gasteiger partial charge in [-0.05, 0) is 23.3 Å². The normalized spacial score (nSPS) is 20.9. The van der Waals surface area contributed by atoms with Crippen molar-refractivity contribution in [3.63, 3.8) is 0 Å². The van der Waals surface area contributed by atoms with Crippen molar-refractivity contribution in [1.29, 1.82) is 0 Å². The van der Waals surface area contributed by atoms with Crippen LogP contribution in [0.25, 0.3) is 0 Å². The van der Waals surface area contributed by atoms with E-state index >= 15 is 0 Å². The molecule has 0 fully saturated rings. The Morgan fingerprint density at radius 3 is 2.70 bits per heavy atom. The highest BCUT2D eigenvalue weighted by Gasteiger charge is 2.30. The molecular formula is C15H23NO4. The molecule has 1 aliphatic rings. The quantitative estimate of drug-likeness (QED) is 0.728. The van der Waals surface area contributed by atoms with Crippen LogP contribution in [0.2, 0.25) is 0 Å². The van der Waals surface area contributed by atoms with E-state index in [0.717, 1.165) is 17.7 Å². The van der Waals surface area contributed by atoms with Gasteiger partial charge < -0.3 is 24.7 Å². The summed E-state index contributed by atoms with van der Waals surface area (Å²) in [6.45, 7) is 2.31. The van der Waals surface area contributed by atoms with Gasteiger partial charge in [-0.25, -0.2) is 0 Å². The van der Waals surface area contributed by atoms with E-state index in [1.54, 1.807) is 14.2 Å². The molecule has 1 aromatic rings. The number of nitrogens with two attached hydrogens (primary N) is 1. The van der Waals surface area contributed by atoms with Crippen molar-refractivity contribution in [2.75, 3.05) is 40.6 Å². The zero-order valence-electron chi connectivity index (χ0n) is 12.1. The van der Waals surface area contributed by atoms with Crippen molar-refractivity contribution in [3.05, 3.63) is 29.3 Å². The van der Waals surface area contributed by atoms with Gasteiger partial charge in [-0.1, -0.05) is 6.07 Å². The second kappa shape index (κ2) is 7.59. The minimum Gasteiger partial charge on any atom is -0.497 e. The first-order valence-corrected chi connectivity index (χ1v) is 6.87. The molecule has 0 amide bonds. The highest BCUT2D eigenvalue weighted by atomic mass is 16.5. The van der Waals surface area contributed by atoms with E-state index in [2.05, 4.69) is 6.07 Å². The third-order valence-electron chi connectivity index (χ3n) is 3.53. The molecule has 0 radical (unpaired) electrons. The molecule has 2 rings (SSSR count). The molecule has 0 saturated heterocycles. The first kappa shape index (κ1) is 15.3. The predicted octanol–water partition coefficient (Wildman–Crippen LogP) is 1.30. The Labute approximate surface area is 120 Å². The maximum absolute atomic E-state index is 6.24. The minimum atomic E-state index is -0.0981. The predicted molar refractivity (Wildman–Crippen MR) is 76.1 cm³/mol. The summed E-state index contributed by atoms with van der Waals surface area (Å²) in [5.74, 6) is 0.836. The topological polar surface area (TPSA) is 62.9 Å². The van der Waals surface area contributed by atoms with Crippen LogP contribution >= 0.6 is 0 Å². The third kappa shape index (κ3) is 3.70. The molecule has 0 heterocycles. The Kier molecular flexibility index (Phi) is 5.79. The van der Waals surface area contributed by atoms with E-state index in [1.807, 2.05) is 12.1 Å². The Balaban J connectivity index is 1.78. The fraction of sp³-hybridized carbons (Fsp3) is 0.600. The van der Waals surface area contributed by atoms with Crippen LogP contribution in [-0.4, -0.2) is 46.8 Å². The monoisotopic (exact) mass is 281 g/mol. The maximum atomic E-state index is 6.24.